The summed E-state index contributed by atoms with van der Waals surface area (Å²) in [6, 6.07) is 0. The smallest absolute Gasteiger partial charge is 0.870 e. The van der Waals surface area contributed by atoms with E-state index in [1.807, 2.05) is 0 Å². The predicted molar refractivity (Wildman–Crippen MR) is 41.9 cm³/mol. The SMILES string of the molecule is CS(C)=O.CS(C)=O.[Na+].[OH-]. The molecule has 0 aliphatic heterocycles. The fraction of sp³-hybridized carbons (Fsp3) is 1.00. The van der Waals surface area contributed by atoms with Crippen molar-refractivity contribution in [2.24, 2.45) is 0 Å². The van der Waals surface area contributed by atoms with Gasteiger partial charge in [0.15, 0.2) is 0 Å². The molecule has 0 fully saturated rings. The summed E-state index contributed by atoms with van der Waals surface area (Å²) in [7, 11) is -1.22. The van der Waals surface area contributed by atoms with E-state index in [2.05, 4.69) is 0 Å². The van der Waals surface area contributed by atoms with E-state index >= 15 is 0 Å². The maximum absolute atomic E-state index is 9.56. The third kappa shape index (κ3) is 398. The van der Waals surface area contributed by atoms with Crippen molar-refractivity contribution in [1.29, 1.82) is 0 Å². The van der Waals surface area contributed by atoms with Gasteiger partial charge in [0.25, 0.3) is 0 Å². The molecule has 3 nitrogen and oxygen atoms in total. The third-order valence-electron chi connectivity index (χ3n) is 0. The average Bonchev–Trinajstić information content (AvgIpc) is 1.25. The van der Waals surface area contributed by atoms with Crippen molar-refractivity contribution in [3.63, 3.8) is 0 Å². The van der Waals surface area contributed by atoms with Crippen LogP contribution in [0.1, 0.15) is 0 Å². The summed E-state index contributed by atoms with van der Waals surface area (Å²) in [5.41, 5.74) is 0. The Balaban J connectivity index is -0.0000000300. The second kappa shape index (κ2) is 16.7. The maximum atomic E-state index is 9.56. The van der Waals surface area contributed by atoms with Crippen LogP contribution in [0.2, 0.25) is 0 Å². The topological polar surface area (TPSA) is 64.1 Å². The first kappa shape index (κ1) is 22.5. The van der Waals surface area contributed by atoms with Gasteiger partial charge < -0.3 is 5.48 Å². The van der Waals surface area contributed by atoms with E-state index in [1.165, 1.54) is 0 Å². The Labute approximate surface area is 89.5 Å². The van der Waals surface area contributed by atoms with Crippen molar-refractivity contribution in [3.8, 4) is 0 Å². The van der Waals surface area contributed by atoms with Gasteiger partial charge in [0.1, 0.15) is 0 Å². The summed E-state index contributed by atoms with van der Waals surface area (Å²) in [5, 5.41) is 0. The Morgan fingerprint density at radius 3 is 0.800 bits per heavy atom. The van der Waals surface area contributed by atoms with Crippen molar-refractivity contribution in [2.75, 3.05) is 25.0 Å². The van der Waals surface area contributed by atoms with Crippen molar-refractivity contribution in [3.05, 3.63) is 0 Å². The van der Waals surface area contributed by atoms with Crippen LogP contribution in [0.3, 0.4) is 0 Å². The quantitative estimate of drug-likeness (QED) is 0.384. The minimum absolute atomic E-state index is 0. The molecule has 6 heteroatoms. The van der Waals surface area contributed by atoms with Crippen LogP contribution in [0.15, 0.2) is 0 Å². The fourth-order valence-electron chi connectivity index (χ4n) is 0. The Kier molecular flexibility index (Phi) is 37.5. The molecular formula is C4H13NaO3S2. The summed E-state index contributed by atoms with van der Waals surface area (Å²) >= 11 is 0. The molecule has 0 atom stereocenters. The predicted octanol–water partition coefficient (Wildman–Crippen LogP) is -3.18. The molecule has 0 saturated heterocycles. The molecular weight excluding hydrogens is 183 g/mol. The Morgan fingerprint density at radius 2 is 0.800 bits per heavy atom. The van der Waals surface area contributed by atoms with Crippen molar-refractivity contribution < 1.29 is 43.5 Å². The van der Waals surface area contributed by atoms with E-state index in [-0.39, 0.29) is 35.0 Å². The van der Waals surface area contributed by atoms with Gasteiger partial charge in [-0.1, -0.05) is 0 Å². The maximum Gasteiger partial charge on any atom is 1.00 e. The number of hydrogen-bond acceptors (Lipinski definition) is 3. The molecule has 0 aromatic carbocycles. The van der Waals surface area contributed by atoms with E-state index < -0.39 is 21.6 Å². The average molecular weight is 196 g/mol. The van der Waals surface area contributed by atoms with E-state index in [9.17, 15) is 8.42 Å². The van der Waals surface area contributed by atoms with Gasteiger partial charge in [-0.25, -0.2) is 0 Å². The Morgan fingerprint density at radius 1 is 0.800 bits per heavy atom. The molecule has 0 rings (SSSR count). The van der Waals surface area contributed by atoms with Gasteiger partial charge in [0.2, 0.25) is 0 Å². The first-order valence-electron chi connectivity index (χ1n) is 1.97. The van der Waals surface area contributed by atoms with Crippen molar-refractivity contribution in [1.82, 2.24) is 0 Å². The van der Waals surface area contributed by atoms with E-state index in [1.54, 1.807) is 25.0 Å². The molecule has 0 aromatic heterocycles. The minimum atomic E-state index is -0.611. The molecule has 0 saturated carbocycles. The van der Waals surface area contributed by atoms with Gasteiger partial charge in [-0.2, -0.15) is 0 Å². The van der Waals surface area contributed by atoms with Gasteiger partial charge in [-0.15, -0.1) is 0 Å². The number of rotatable bonds is 0. The summed E-state index contributed by atoms with van der Waals surface area (Å²) in [4.78, 5) is 0. The molecule has 0 amide bonds. The van der Waals surface area contributed by atoms with E-state index in [4.69, 9.17) is 0 Å². The van der Waals surface area contributed by atoms with Gasteiger partial charge in [0, 0.05) is 46.6 Å². The zero-order valence-electron chi connectivity index (χ0n) is 7.08. The molecule has 0 bridgehead atoms. The van der Waals surface area contributed by atoms with Crippen molar-refractivity contribution in [2.45, 2.75) is 0 Å². The summed E-state index contributed by atoms with van der Waals surface area (Å²) < 4.78 is 19.1. The first-order valence-corrected chi connectivity index (χ1v) is 5.90. The fourth-order valence-corrected chi connectivity index (χ4v) is 0. The molecule has 0 unspecified atom stereocenters. The molecule has 0 heterocycles. The monoisotopic (exact) mass is 196 g/mol. The first-order chi connectivity index (χ1) is 3.46. The molecule has 0 spiro atoms. The van der Waals surface area contributed by atoms with Crippen LogP contribution in [0, 0.1) is 0 Å². The van der Waals surface area contributed by atoms with Gasteiger partial charge in [0.05, 0.1) is 0 Å². The summed E-state index contributed by atoms with van der Waals surface area (Å²) in [5.74, 6) is 0. The Hall–Kier alpha value is 1.26. The molecule has 10 heavy (non-hydrogen) atoms. The van der Waals surface area contributed by atoms with Crippen LogP contribution < -0.4 is 29.6 Å². The van der Waals surface area contributed by atoms with E-state index in [0.29, 0.717) is 0 Å². The zero-order chi connectivity index (χ0) is 7.15. The van der Waals surface area contributed by atoms with Crippen LogP contribution in [0.5, 0.6) is 0 Å². The van der Waals surface area contributed by atoms with Crippen LogP contribution in [0.4, 0.5) is 0 Å². The number of hydrogen-bond donors (Lipinski definition) is 0. The molecule has 0 aliphatic rings. The normalized spacial score (nSPS) is 7.00. The van der Waals surface area contributed by atoms with Crippen LogP contribution in [-0.2, 0) is 21.6 Å². The zero-order valence-corrected chi connectivity index (χ0v) is 10.7. The summed E-state index contributed by atoms with van der Waals surface area (Å²) in [6.45, 7) is 0. The van der Waals surface area contributed by atoms with Gasteiger partial charge >= 0.3 is 29.6 Å². The van der Waals surface area contributed by atoms with Crippen LogP contribution in [0.25, 0.3) is 0 Å². The Bertz CT molecular complexity index is 76.5. The second-order valence-electron chi connectivity index (χ2n) is 1.48. The summed E-state index contributed by atoms with van der Waals surface area (Å²) in [6.07, 6.45) is 6.56. The molecule has 0 radical (unpaired) electrons. The molecule has 1 N–H and O–H groups in total. The largest absolute Gasteiger partial charge is 1.00 e. The molecule has 0 aliphatic carbocycles. The van der Waals surface area contributed by atoms with Crippen LogP contribution in [-0.4, -0.2) is 38.9 Å². The minimum Gasteiger partial charge on any atom is -0.870 e. The standard InChI is InChI=1S/2C2H6OS.Na.H2O/c2*1-4(2)3;;/h2*1-2H3;;1H2/q;;+1;/p-1. The molecule has 0 aromatic rings. The molecule has 60 valence electrons. The van der Waals surface area contributed by atoms with Crippen molar-refractivity contribution >= 4 is 21.6 Å². The second-order valence-corrected chi connectivity index (χ2v) is 4.45. The third-order valence-corrected chi connectivity index (χ3v) is 0. The van der Waals surface area contributed by atoms with Crippen LogP contribution >= 0.6 is 0 Å². The van der Waals surface area contributed by atoms with Gasteiger partial charge in [-0.05, 0) is 0 Å². The van der Waals surface area contributed by atoms with Gasteiger partial charge in [-0.3, -0.25) is 8.42 Å². The van der Waals surface area contributed by atoms with E-state index in [0.717, 1.165) is 0 Å².